The number of carbonyl (C=O) groups is 3. The van der Waals surface area contributed by atoms with Crippen molar-refractivity contribution in [2.24, 2.45) is 5.92 Å². The Morgan fingerprint density at radius 2 is 1.60 bits per heavy atom. The van der Waals surface area contributed by atoms with Gasteiger partial charge in [0, 0.05) is 62.4 Å². The minimum absolute atomic E-state index is 0.00308. The predicted octanol–water partition coefficient (Wildman–Crippen LogP) is 1.96. The number of anilines is 1. The van der Waals surface area contributed by atoms with Crippen LogP contribution in [-0.4, -0.2) is 84.8 Å². The number of nitrogens with zero attached hydrogens (tertiary/aromatic N) is 4. The van der Waals surface area contributed by atoms with E-state index in [4.69, 9.17) is 0 Å². The molecule has 3 saturated heterocycles. The van der Waals surface area contributed by atoms with E-state index < -0.39 is 0 Å². The van der Waals surface area contributed by atoms with Crippen LogP contribution in [-0.2, 0) is 14.4 Å². The van der Waals surface area contributed by atoms with E-state index in [2.05, 4.69) is 20.8 Å². The lowest BCUT2D eigenvalue weighted by Gasteiger charge is -2.25. The highest BCUT2D eigenvalue weighted by Gasteiger charge is 2.37. The molecule has 1 aromatic rings. The van der Waals surface area contributed by atoms with Crippen LogP contribution in [0, 0.1) is 5.92 Å². The van der Waals surface area contributed by atoms with Gasteiger partial charge in [-0.3, -0.25) is 19.3 Å². The van der Waals surface area contributed by atoms with Crippen LogP contribution in [0.25, 0.3) is 0 Å². The van der Waals surface area contributed by atoms with Crippen molar-refractivity contribution in [2.75, 3.05) is 57.3 Å². The topological polar surface area (TPSA) is 64.2 Å². The molecule has 0 aromatic heterocycles. The Kier molecular flexibility index (Phi) is 6.73. The monoisotopic (exact) mass is 476 g/mol. The molecule has 0 aliphatic carbocycles. The number of carbonyl (C=O) groups excluding carboxylic acids is 3. The first-order valence-electron chi connectivity index (χ1n) is 10.9. The molecule has 3 heterocycles. The van der Waals surface area contributed by atoms with Gasteiger partial charge in [-0.05, 0) is 43.5 Å². The summed E-state index contributed by atoms with van der Waals surface area (Å²) >= 11 is 3.41. The summed E-state index contributed by atoms with van der Waals surface area (Å²) in [5.41, 5.74) is 0.834. The van der Waals surface area contributed by atoms with Crippen LogP contribution in [0.3, 0.4) is 0 Å². The van der Waals surface area contributed by atoms with E-state index in [-0.39, 0.29) is 30.1 Å². The van der Waals surface area contributed by atoms with Gasteiger partial charge in [-0.1, -0.05) is 15.9 Å². The first kappa shape index (κ1) is 21.3. The molecule has 0 radical (unpaired) electrons. The van der Waals surface area contributed by atoms with Crippen LogP contribution >= 0.6 is 15.9 Å². The molecule has 3 aliphatic heterocycles. The average molecular weight is 477 g/mol. The lowest BCUT2D eigenvalue weighted by molar-refractivity contribution is -0.135. The van der Waals surface area contributed by atoms with E-state index in [0.717, 1.165) is 49.1 Å². The molecule has 30 heavy (non-hydrogen) atoms. The van der Waals surface area contributed by atoms with Crippen molar-refractivity contribution in [3.8, 4) is 0 Å². The predicted molar refractivity (Wildman–Crippen MR) is 118 cm³/mol. The van der Waals surface area contributed by atoms with Crippen LogP contribution in [0.5, 0.6) is 0 Å². The zero-order valence-electron chi connectivity index (χ0n) is 17.3. The molecule has 1 aromatic carbocycles. The SMILES string of the molecule is O=C(CN1CCCN(C(=O)[C@@H]2CC(=O)N(c3ccc(Br)cc3)C2)CC1)N1CCCC1. The van der Waals surface area contributed by atoms with Gasteiger partial charge < -0.3 is 14.7 Å². The van der Waals surface area contributed by atoms with Gasteiger partial charge in [0.2, 0.25) is 17.7 Å². The Balaban J connectivity index is 1.31. The zero-order chi connectivity index (χ0) is 21.1. The average Bonchev–Trinajstić information content (AvgIpc) is 3.35. The van der Waals surface area contributed by atoms with Crippen molar-refractivity contribution in [1.82, 2.24) is 14.7 Å². The van der Waals surface area contributed by atoms with Crippen LogP contribution < -0.4 is 4.90 Å². The molecule has 3 aliphatic rings. The summed E-state index contributed by atoms with van der Waals surface area (Å²) in [6.07, 6.45) is 3.33. The summed E-state index contributed by atoms with van der Waals surface area (Å²) in [4.78, 5) is 45.8. The highest BCUT2D eigenvalue weighted by atomic mass is 79.9. The van der Waals surface area contributed by atoms with Crippen molar-refractivity contribution < 1.29 is 14.4 Å². The van der Waals surface area contributed by atoms with Crippen molar-refractivity contribution in [3.05, 3.63) is 28.7 Å². The van der Waals surface area contributed by atoms with Crippen molar-refractivity contribution >= 4 is 39.3 Å². The number of hydrogen-bond donors (Lipinski definition) is 0. The van der Waals surface area contributed by atoms with Gasteiger partial charge in [0.15, 0.2) is 0 Å². The van der Waals surface area contributed by atoms with E-state index in [1.54, 1.807) is 4.90 Å². The molecule has 4 rings (SSSR count). The molecule has 0 unspecified atom stereocenters. The molecule has 7 nitrogen and oxygen atoms in total. The van der Waals surface area contributed by atoms with Crippen molar-refractivity contribution in [1.29, 1.82) is 0 Å². The molecule has 0 saturated carbocycles. The number of likely N-dealkylation sites (tertiary alicyclic amines) is 1. The molecule has 162 valence electrons. The number of amides is 3. The Morgan fingerprint density at radius 1 is 0.900 bits per heavy atom. The van der Waals surface area contributed by atoms with Gasteiger partial charge in [0.05, 0.1) is 12.5 Å². The van der Waals surface area contributed by atoms with Gasteiger partial charge in [-0.15, -0.1) is 0 Å². The fourth-order valence-corrected chi connectivity index (χ4v) is 4.87. The minimum Gasteiger partial charge on any atom is -0.342 e. The molecule has 0 N–H and O–H groups in total. The lowest BCUT2D eigenvalue weighted by Crippen LogP contribution is -2.42. The largest absolute Gasteiger partial charge is 0.342 e. The van der Waals surface area contributed by atoms with E-state index in [0.29, 0.717) is 32.7 Å². The molecular weight excluding hydrogens is 448 g/mol. The smallest absolute Gasteiger partial charge is 0.236 e. The summed E-state index contributed by atoms with van der Waals surface area (Å²) in [6, 6.07) is 7.61. The van der Waals surface area contributed by atoms with Crippen LogP contribution in [0.15, 0.2) is 28.7 Å². The van der Waals surface area contributed by atoms with Gasteiger partial charge in [-0.25, -0.2) is 0 Å². The lowest BCUT2D eigenvalue weighted by atomic mass is 10.1. The fraction of sp³-hybridized carbons (Fsp3) is 0.591. The third-order valence-corrected chi connectivity index (χ3v) is 6.86. The number of benzene rings is 1. The van der Waals surface area contributed by atoms with Crippen LogP contribution in [0.1, 0.15) is 25.7 Å². The summed E-state index contributed by atoms with van der Waals surface area (Å²) in [6.45, 7) is 5.49. The second-order valence-electron chi connectivity index (χ2n) is 8.42. The Labute approximate surface area is 186 Å². The first-order valence-corrected chi connectivity index (χ1v) is 11.7. The van der Waals surface area contributed by atoms with E-state index in [1.165, 1.54) is 0 Å². The maximum atomic E-state index is 13.1. The summed E-state index contributed by atoms with van der Waals surface area (Å²) in [5.74, 6) is -0.0169. The number of halogens is 1. The fourth-order valence-electron chi connectivity index (χ4n) is 4.61. The second kappa shape index (κ2) is 9.47. The number of hydrogen-bond acceptors (Lipinski definition) is 4. The van der Waals surface area contributed by atoms with E-state index in [1.807, 2.05) is 34.1 Å². The molecule has 0 spiro atoms. The maximum Gasteiger partial charge on any atom is 0.236 e. The number of rotatable bonds is 4. The molecule has 8 heteroatoms. The van der Waals surface area contributed by atoms with Crippen molar-refractivity contribution in [3.63, 3.8) is 0 Å². The third kappa shape index (κ3) is 4.86. The van der Waals surface area contributed by atoms with Gasteiger partial charge in [0.25, 0.3) is 0 Å². The Bertz CT molecular complexity index is 794. The zero-order valence-corrected chi connectivity index (χ0v) is 18.8. The molecular formula is C22H29BrN4O3. The standard InChI is InChI=1S/C22H29BrN4O3/c23-18-4-6-19(7-5-18)27-15-17(14-20(27)28)22(30)26-11-3-8-24(12-13-26)16-21(29)25-9-1-2-10-25/h4-7,17H,1-3,8-16H2/t17-/m1/s1. The quantitative estimate of drug-likeness (QED) is 0.666. The Morgan fingerprint density at radius 3 is 2.33 bits per heavy atom. The maximum absolute atomic E-state index is 13.1. The van der Waals surface area contributed by atoms with Crippen LogP contribution in [0.2, 0.25) is 0 Å². The van der Waals surface area contributed by atoms with Gasteiger partial charge >= 0.3 is 0 Å². The first-order chi connectivity index (χ1) is 14.5. The van der Waals surface area contributed by atoms with E-state index in [9.17, 15) is 14.4 Å². The second-order valence-corrected chi connectivity index (χ2v) is 9.34. The van der Waals surface area contributed by atoms with Crippen LogP contribution in [0.4, 0.5) is 5.69 Å². The van der Waals surface area contributed by atoms with E-state index >= 15 is 0 Å². The summed E-state index contributed by atoms with van der Waals surface area (Å²) < 4.78 is 0.961. The van der Waals surface area contributed by atoms with Crippen molar-refractivity contribution in [2.45, 2.75) is 25.7 Å². The molecule has 3 fully saturated rings. The highest BCUT2D eigenvalue weighted by molar-refractivity contribution is 9.10. The molecule has 0 bridgehead atoms. The third-order valence-electron chi connectivity index (χ3n) is 6.33. The van der Waals surface area contributed by atoms with Gasteiger partial charge in [-0.2, -0.15) is 0 Å². The minimum atomic E-state index is -0.293. The molecule has 3 amide bonds. The highest BCUT2D eigenvalue weighted by Crippen LogP contribution is 2.27. The van der Waals surface area contributed by atoms with Gasteiger partial charge in [0.1, 0.15) is 0 Å². The Hall–Kier alpha value is -1.93. The molecule has 1 atom stereocenters. The summed E-state index contributed by atoms with van der Waals surface area (Å²) in [5, 5.41) is 0. The summed E-state index contributed by atoms with van der Waals surface area (Å²) in [7, 11) is 0. The normalized spacial score (nSPS) is 23.2.